The Bertz CT molecular complexity index is 1180. The summed E-state index contributed by atoms with van der Waals surface area (Å²) in [6.07, 6.45) is 4.81. The summed E-state index contributed by atoms with van der Waals surface area (Å²) in [5, 5.41) is 8.82. The quantitative estimate of drug-likeness (QED) is 0.0748. The minimum absolute atomic E-state index is 0.00516. The van der Waals surface area contributed by atoms with E-state index in [0.29, 0.717) is 37.2 Å². The Labute approximate surface area is 232 Å². The first-order valence-electron chi connectivity index (χ1n) is 12.5. The number of esters is 2. The molecule has 0 bridgehead atoms. The van der Waals surface area contributed by atoms with Gasteiger partial charge in [0, 0.05) is 18.1 Å². The Morgan fingerprint density at radius 2 is 1.40 bits per heavy atom. The number of ether oxygens (including phenoxy) is 5. The summed E-state index contributed by atoms with van der Waals surface area (Å²) in [5.74, 6) is -0.488. The zero-order valence-corrected chi connectivity index (χ0v) is 22.0. The number of hydrogen-bond donors (Lipinski definition) is 1. The van der Waals surface area contributed by atoms with Crippen molar-refractivity contribution < 1.29 is 48.0 Å². The van der Waals surface area contributed by atoms with Crippen molar-refractivity contribution in [1.29, 1.82) is 0 Å². The first kappa shape index (κ1) is 31.5. The van der Waals surface area contributed by atoms with Crippen LogP contribution in [0.2, 0.25) is 0 Å². The molecule has 0 spiro atoms. The third-order valence-corrected chi connectivity index (χ3v) is 5.09. The predicted octanol–water partition coefficient (Wildman–Crippen LogP) is 4.47. The van der Waals surface area contributed by atoms with Crippen LogP contribution in [0.15, 0.2) is 79.4 Å². The number of allylic oxidation sites excluding steroid dienone is 1. The fraction of sp³-hybridized carbons (Fsp3) is 0.267. The molecule has 0 aromatic heterocycles. The fourth-order valence-electron chi connectivity index (χ4n) is 2.93. The lowest BCUT2D eigenvalue weighted by molar-refractivity contribution is -0.140. The Kier molecular flexibility index (Phi) is 14.0. The highest BCUT2D eigenvalue weighted by atomic mass is 16.7. The van der Waals surface area contributed by atoms with E-state index in [2.05, 4.69) is 13.2 Å². The van der Waals surface area contributed by atoms with Crippen molar-refractivity contribution in [2.75, 3.05) is 33.0 Å². The third-order valence-electron chi connectivity index (χ3n) is 5.09. The number of unbranched alkanes of at least 4 members (excludes halogenated alkanes) is 1. The lowest BCUT2D eigenvalue weighted by atomic mass is 10.1. The second kappa shape index (κ2) is 17.7. The van der Waals surface area contributed by atoms with E-state index in [-0.39, 0.29) is 36.9 Å². The minimum atomic E-state index is -0.846. The normalized spacial score (nSPS) is 10.4. The largest absolute Gasteiger partial charge is 0.513 e. The van der Waals surface area contributed by atoms with E-state index >= 15 is 0 Å². The lowest BCUT2D eigenvalue weighted by Crippen LogP contribution is -2.12. The zero-order valence-electron chi connectivity index (χ0n) is 22.0. The van der Waals surface area contributed by atoms with Gasteiger partial charge in [-0.2, -0.15) is 0 Å². The number of hydrogen-bond acceptors (Lipinski definition) is 10. The van der Waals surface area contributed by atoms with Crippen LogP contribution in [0.5, 0.6) is 11.5 Å². The standard InChI is InChI=1S/C30H32O10/c1-3-28(33)37-17-4-5-18-39-30(35)40-26-12-7-23(8-13-26)9-16-27(32)24-10-14-25(15-11-24)36-19-6-20-38-29(34)22(2)21-31/h3,7-16,31H,1-2,4-6,17-21H2/b16-9+. The van der Waals surface area contributed by atoms with Crippen LogP contribution in [-0.4, -0.2) is 62.0 Å². The van der Waals surface area contributed by atoms with E-state index in [1.165, 1.54) is 6.08 Å². The number of benzene rings is 2. The summed E-state index contributed by atoms with van der Waals surface area (Å²) in [6.45, 7) is 7.01. The molecular weight excluding hydrogens is 520 g/mol. The Morgan fingerprint density at radius 1 is 0.775 bits per heavy atom. The topological polar surface area (TPSA) is 135 Å². The van der Waals surface area contributed by atoms with Gasteiger partial charge in [0.05, 0.1) is 38.6 Å². The number of ketones is 1. The molecule has 2 aromatic carbocycles. The number of carbonyl (C=O) groups is 4. The highest BCUT2D eigenvalue weighted by molar-refractivity contribution is 6.06. The van der Waals surface area contributed by atoms with Crippen molar-refractivity contribution in [3.63, 3.8) is 0 Å². The molecule has 0 unspecified atom stereocenters. The molecule has 0 saturated heterocycles. The van der Waals surface area contributed by atoms with E-state index in [9.17, 15) is 19.2 Å². The maximum atomic E-state index is 12.5. The van der Waals surface area contributed by atoms with Crippen molar-refractivity contribution in [2.24, 2.45) is 0 Å². The number of aliphatic hydroxyl groups excluding tert-OH is 1. The number of aliphatic hydroxyl groups is 1. The first-order chi connectivity index (χ1) is 19.3. The SMILES string of the molecule is C=CC(=O)OCCCCOC(=O)Oc1ccc(/C=C/C(=O)c2ccc(OCCCOC(=O)C(=C)CO)cc2)cc1. The second-order valence-electron chi connectivity index (χ2n) is 8.17. The van der Waals surface area contributed by atoms with Crippen LogP contribution < -0.4 is 9.47 Å². The van der Waals surface area contributed by atoms with E-state index < -0.39 is 24.7 Å². The van der Waals surface area contributed by atoms with Gasteiger partial charge in [-0.25, -0.2) is 14.4 Å². The Balaban J connectivity index is 1.69. The van der Waals surface area contributed by atoms with Gasteiger partial charge < -0.3 is 28.8 Å². The van der Waals surface area contributed by atoms with E-state index in [1.54, 1.807) is 54.6 Å². The summed E-state index contributed by atoms with van der Waals surface area (Å²) in [5.41, 5.74) is 1.20. The van der Waals surface area contributed by atoms with E-state index in [4.69, 9.17) is 28.8 Å². The molecule has 0 aliphatic rings. The van der Waals surface area contributed by atoms with Crippen LogP contribution in [0.4, 0.5) is 4.79 Å². The van der Waals surface area contributed by atoms with Gasteiger partial charge in [0.1, 0.15) is 11.5 Å². The number of carbonyl (C=O) groups excluding carboxylic acids is 4. The third kappa shape index (κ3) is 12.2. The van der Waals surface area contributed by atoms with E-state index in [0.717, 1.165) is 11.6 Å². The zero-order chi connectivity index (χ0) is 29.2. The van der Waals surface area contributed by atoms with Crippen LogP contribution >= 0.6 is 0 Å². The van der Waals surface area contributed by atoms with Crippen molar-refractivity contribution >= 4 is 30.0 Å². The van der Waals surface area contributed by atoms with Gasteiger partial charge in [-0.1, -0.05) is 31.4 Å². The van der Waals surface area contributed by atoms with Gasteiger partial charge in [0.15, 0.2) is 5.78 Å². The molecule has 40 heavy (non-hydrogen) atoms. The van der Waals surface area contributed by atoms with Crippen molar-refractivity contribution in [1.82, 2.24) is 0 Å². The van der Waals surface area contributed by atoms with Crippen LogP contribution in [0.25, 0.3) is 6.08 Å². The first-order valence-corrected chi connectivity index (χ1v) is 12.5. The molecule has 0 atom stereocenters. The van der Waals surface area contributed by atoms with Crippen LogP contribution in [0.3, 0.4) is 0 Å². The van der Waals surface area contributed by atoms with E-state index in [1.807, 2.05) is 0 Å². The lowest BCUT2D eigenvalue weighted by Gasteiger charge is -2.08. The fourth-order valence-corrected chi connectivity index (χ4v) is 2.93. The molecule has 10 nitrogen and oxygen atoms in total. The van der Waals surface area contributed by atoms with Crippen LogP contribution in [0.1, 0.15) is 35.2 Å². The van der Waals surface area contributed by atoms with Gasteiger partial charge in [-0.05, 0) is 60.9 Å². The average molecular weight is 553 g/mol. The molecule has 0 aliphatic heterocycles. The van der Waals surface area contributed by atoms with Crippen LogP contribution in [-0.2, 0) is 23.8 Å². The minimum Gasteiger partial charge on any atom is -0.493 e. The summed E-state index contributed by atoms with van der Waals surface area (Å²) < 4.78 is 25.4. The van der Waals surface area contributed by atoms with Gasteiger partial charge in [0.25, 0.3) is 0 Å². The molecule has 0 fully saturated rings. The van der Waals surface area contributed by atoms with Gasteiger partial charge in [-0.15, -0.1) is 0 Å². The van der Waals surface area contributed by atoms with Crippen molar-refractivity contribution in [3.05, 3.63) is 90.5 Å². The number of rotatable bonds is 17. The molecule has 1 N–H and O–H groups in total. The predicted molar refractivity (Wildman–Crippen MR) is 146 cm³/mol. The molecule has 0 heterocycles. The van der Waals surface area contributed by atoms with Gasteiger partial charge >= 0.3 is 18.1 Å². The highest BCUT2D eigenvalue weighted by Crippen LogP contribution is 2.16. The molecule has 10 heteroatoms. The molecule has 212 valence electrons. The molecule has 0 aliphatic carbocycles. The Hall–Kier alpha value is -4.70. The summed E-state index contributed by atoms with van der Waals surface area (Å²) in [4.78, 5) is 46.6. The summed E-state index contributed by atoms with van der Waals surface area (Å²) >= 11 is 0. The smallest absolute Gasteiger partial charge is 0.493 e. The van der Waals surface area contributed by atoms with Gasteiger partial charge in [-0.3, -0.25) is 4.79 Å². The van der Waals surface area contributed by atoms with Crippen molar-refractivity contribution in [2.45, 2.75) is 19.3 Å². The summed E-state index contributed by atoms with van der Waals surface area (Å²) in [7, 11) is 0. The Morgan fingerprint density at radius 3 is 2.05 bits per heavy atom. The maximum Gasteiger partial charge on any atom is 0.513 e. The highest BCUT2D eigenvalue weighted by Gasteiger charge is 2.08. The second-order valence-corrected chi connectivity index (χ2v) is 8.17. The van der Waals surface area contributed by atoms with Crippen molar-refractivity contribution in [3.8, 4) is 11.5 Å². The van der Waals surface area contributed by atoms with Gasteiger partial charge in [0.2, 0.25) is 0 Å². The molecule has 0 radical (unpaired) electrons. The molecule has 0 saturated carbocycles. The molecule has 2 rings (SSSR count). The maximum absolute atomic E-state index is 12.5. The average Bonchev–Trinajstić information content (AvgIpc) is 2.97. The molecular formula is C30H32O10. The summed E-state index contributed by atoms with van der Waals surface area (Å²) in [6, 6.07) is 13.2. The molecule has 2 aromatic rings. The monoisotopic (exact) mass is 552 g/mol. The van der Waals surface area contributed by atoms with Crippen LogP contribution in [0, 0.1) is 0 Å². The molecule has 0 amide bonds.